The Kier molecular flexibility index (Phi) is 5.23. The van der Waals surface area contributed by atoms with Gasteiger partial charge in [0.1, 0.15) is 17.1 Å². The molecule has 1 unspecified atom stereocenters. The van der Waals surface area contributed by atoms with Gasteiger partial charge in [-0.25, -0.2) is 13.8 Å². The van der Waals surface area contributed by atoms with E-state index in [0.717, 1.165) is 30.2 Å². The zero-order valence-electron chi connectivity index (χ0n) is 15.2. The van der Waals surface area contributed by atoms with Gasteiger partial charge in [0.05, 0.1) is 24.5 Å². The first-order valence-corrected chi connectivity index (χ1v) is 9.70. The monoisotopic (exact) mass is 404 g/mol. The molecule has 1 atom stereocenters. The van der Waals surface area contributed by atoms with Crippen molar-refractivity contribution in [3.05, 3.63) is 53.6 Å². The van der Waals surface area contributed by atoms with Gasteiger partial charge in [-0.15, -0.1) is 0 Å². The number of amides is 1. The molecule has 0 bridgehead atoms. The Morgan fingerprint density at radius 1 is 1.32 bits per heavy atom. The molecule has 4 rings (SSSR count). The molecule has 1 fully saturated rings. The second-order valence-electron chi connectivity index (χ2n) is 6.51. The predicted molar refractivity (Wildman–Crippen MR) is 103 cm³/mol. The Morgan fingerprint density at radius 2 is 2.11 bits per heavy atom. The summed E-state index contributed by atoms with van der Waals surface area (Å²) in [6, 6.07) is 8.74. The van der Waals surface area contributed by atoms with Gasteiger partial charge in [0.2, 0.25) is 0 Å². The van der Waals surface area contributed by atoms with Gasteiger partial charge >= 0.3 is 0 Å². The summed E-state index contributed by atoms with van der Waals surface area (Å²) < 4.78 is 38.8. The first-order valence-electron chi connectivity index (χ1n) is 8.88. The number of hydrogen-bond acceptors (Lipinski definition) is 5. The lowest BCUT2D eigenvalue weighted by molar-refractivity contribution is 0.0917. The number of anilines is 1. The second-order valence-corrected chi connectivity index (χ2v) is 7.52. The van der Waals surface area contributed by atoms with Crippen LogP contribution in [0.1, 0.15) is 23.2 Å². The van der Waals surface area contributed by atoms with E-state index in [2.05, 4.69) is 4.98 Å². The number of aromatic nitrogens is 1. The number of carbonyl (C=O) groups excluding carboxylic acids is 1. The normalized spacial score (nSPS) is 16.5. The van der Waals surface area contributed by atoms with Crippen molar-refractivity contribution in [1.29, 1.82) is 0 Å². The topological polar surface area (TPSA) is 51.7 Å². The van der Waals surface area contributed by atoms with E-state index < -0.39 is 11.6 Å². The van der Waals surface area contributed by atoms with Crippen LogP contribution in [0.15, 0.2) is 36.4 Å². The molecule has 0 saturated carbocycles. The van der Waals surface area contributed by atoms with Crippen molar-refractivity contribution in [1.82, 2.24) is 4.98 Å². The number of hydrogen-bond donors (Lipinski definition) is 0. The molecule has 28 heavy (non-hydrogen) atoms. The van der Waals surface area contributed by atoms with Gasteiger partial charge in [0.15, 0.2) is 10.9 Å². The minimum Gasteiger partial charge on any atom is -0.497 e. The van der Waals surface area contributed by atoms with Crippen molar-refractivity contribution in [2.24, 2.45) is 0 Å². The molecule has 2 aromatic carbocycles. The van der Waals surface area contributed by atoms with Crippen LogP contribution in [0.25, 0.3) is 10.2 Å². The van der Waals surface area contributed by atoms with Gasteiger partial charge in [-0.2, -0.15) is 0 Å². The minimum absolute atomic E-state index is 0.0567. The number of halogens is 2. The predicted octanol–water partition coefficient (Wildman–Crippen LogP) is 4.41. The number of nitrogens with zero attached hydrogens (tertiary/aromatic N) is 2. The lowest BCUT2D eigenvalue weighted by Gasteiger charge is -2.23. The Hall–Kier alpha value is -2.58. The van der Waals surface area contributed by atoms with E-state index in [1.807, 2.05) is 0 Å². The molecule has 1 amide bonds. The molecule has 0 N–H and O–H groups in total. The van der Waals surface area contributed by atoms with Gasteiger partial charge in [-0.3, -0.25) is 9.69 Å². The molecule has 1 saturated heterocycles. The fourth-order valence-corrected chi connectivity index (χ4v) is 4.20. The van der Waals surface area contributed by atoms with Gasteiger partial charge in [0.25, 0.3) is 5.91 Å². The fourth-order valence-electron chi connectivity index (χ4n) is 3.19. The van der Waals surface area contributed by atoms with Crippen LogP contribution in [0, 0.1) is 11.6 Å². The summed E-state index contributed by atoms with van der Waals surface area (Å²) in [6.45, 7) is 0.948. The van der Waals surface area contributed by atoms with Crippen molar-refractivity contribution in [2.45, 2.75) is 18.9 Å². The van der Waals surface area contributed by atoms with E-state index >= 15 is 0 Å². The number of thiazole rings is 1. The van der Waals surface area contributed by atoms with Crippen LogP contribution in [0.4, 0.5) is 13.9 Å². The van der Waals surface area contributed by atoms with Gasteiger partial charge < -0.3 is 9.47 Å². The quantitative estimate of drug-likeness (QED) is 0.632. The van der Waals surface area contributed by atoms with Crippen molar-refractivity contribution in [3.8, 4) is 5.75 Å². The summed E-state index contributed by atoms with van der Waals surface area (Å²) in [7, 11) is 1.55. The third-order valence-corrected chi connectivity index (χ3v) is 5.65. The highest BCUT2D eigenvalue weighted by Gasteiger charge is 2.27. The number of methoxy groups -OCH3 is 1. The maximum absolute atomic E-state index is 14.1. The summed E-state index contributed by atoms with van der Waals surface area (Å²) in [5, 5.41) is 0.316. The van der Waals surface area contributed by atoms with Gasteiger partial charge in [0, 0.05) is 18.2 Å². The van der Waals surface area contributed by atoms with Crippen molar-refractivity contribution in [2.75, 3.05) is 25.2 Å². The third-order valence-electron chi connectivity index (χ3n) is 4.63. The van der Waals surface area contributed by atoms with Crippen LogP contribution < -0.4 is 9.64 Å². The first kappa shape index (κ1) is 18.8. The average molecular weight is 404 g/mol. The fraction of sp³-hybridized carbons (Fsp3) is 0.300. The maximum Gasteiger partial charge on any atom is 0.260 e. The Morgan fingerprint density at radius 3 is 2.79 bits per heavy atom. The van der Waals surface area contributed by atoms with Crippen LogP contribution in [-0.4, -0.2) is 37.3 Å². The van der Waals surface area contributed by atoms with Gasteiger partial charge in [-0.05, 0) is 43.2 Å². The number of benzene rings is 2. The second kappa shape index (κ2) is 7.81. The SMILES string of the molecule is COc1ccc(C(=O)N(CC2CCCO2)c2nc3c(F)cc(F)cc3s2)cc1. The Labute approximate surface area is 164 Å². The van der Waals surface area contributed by atoms with E-state index in [4.69, 9.17) is 9.47 Å². The molecular formula is C20H18F2N2O3S. The van der Waals surface area contributed by atoms with E-state index in [-0.39, 0.29) is 17.5 Å². The Balaban J connectivity index is 1.72. The number of ether oxygens (including phenoxy) is 2. The lowest BCUT2D eigenvalue weighted by atomic mass is 10.1. The average Bonchev–Trinajstić information content (AvgIpc) is 3.35. The van der Waals surface area contributed by atoms with Crippen LogP contribution >= 0.6 is 11.3 Å². The molecule has 5 nitrogen and oxygen atoms in total. The zero-order valence-corrected chi connectivity index (χ0v) is 16.0. The van der Waals surface area contributed by atoms with Crippen molar-refractivity contribution >= 4 is 32.6 Å². The van der Waals surface area contributed by atoms with Crippen molar-refractivity contribution in [3.63, 3.8) is 0 Å². The van der Waals surface area contributed by atoms with Crippen LogP contribution in [0.2, 0.25) is 0 Å². The molecule has 0 radical (unpaired) electrons. The molecule has 2 heterocycles. The molecule has 0 aliphatic carbocycles. The molecule has 1 aromatic heterocycles. The van der Waals surface area contributed by atoms with E-state index in [9.17, 15) is 13.6 Å². The molecule has 146 valence electrons. The summed E-state index contributed by atoms with van der Waals surface area (Å²) in [4.78, 5) is 19.0. The minimum atomic E-state index is -0.744. The smallest absolute Gasteiger partial charge is 0.260 e. The number of carbonyl (C=O) groups is 1. The summed E-state index contributed by atoms with van der Waals surface area (Å²) in [5.41, 5.74) is 0.506. The number of fused-ring (bicyclic) bond motifs is 1. The summed E-state index contributed by atoms with van der Waals surface area (Å²) in [6.07, 6.45) is 1.64. The highest BCUT2D eigenvalue weighted by atomic mass is 32.1. The van der Waals surface area contributed by atoms with Crippen LogP contribution in [0.3, 0.4) is 0 Å². The first-order chi connectivity index (χ1) is 13.5. The Bertz CT molecular complexity index is 1000. The molecule has 1 aliphatic rings. The number of rotatable bonds is 5. The van der Waals surface area contributed by atoms with E-state index in [0.29, 0.717) is 34.3 Å². The molecule has 8 heteroatoms. The maximum atomic E-state index is 14.1. The molecule has 1 aliphatic heterocycles. The highest BCUT2D eigenvalue weighted by Crippen LogP contribution is 2.33. The third kappa shape index (κ3) is 3.70. The van der Waals surface area contributed by atoms with Crippen molar-refractivity contribution < 1.29 is 23.0 Å². The van der Waals surface area contributed by atoms with Gasteiger partial charge in [-0.1, -0.05) is 11.3 Å². The standard InChI is InChI=1S/C20H18F2N2O3S/c1-26-14-6-4-12(5-7-14)19(25)24(11-15-3-2-8-27-15)20-23-18-16(22)9-13(21)10-17(18)28-20/h4-7,9-10,15H,2-3,8,11H2,1H3. The summed E-state index contributed by atoms with van der Waals surface area (Å²) >= 11 is 1.08. The van der Waals surface area contributed by atoms with Crippen LogP contribution in [-0.2, 0) is 4.74 Å². The van der Waals surface area contributed by atoms with E-state index in [1.165, 1.54) is 11.0 Å². The lowest BCUT2D eigenvalue weighted by Crippen LogP contribution is -2.37. The molecule has 0 spiro atoms. The molecule has 3 aromatic rings. The molecular weight excluding hydrogens is 386 g/mol. The van der Waals surface area contributed by atoms with Crippen LogP contribution in [0.5, 0.6) is 5.75 Å². The highest BCUT2D eigenvalue weighted by molar-refractivity contribution is 7.22. The summed E-state index contributed by atoms with van der Waals surface area (Å²) in [5.74, 6) is -1.06. The zero-order chi connectivity index (χ0) is 19.7. The van der Waals surface area contributed by atoms with E-state index in [1.54, 1.807) is 31.4 Å². The largest absolute Gasteiger partial charge is 0.497 e.